The molecule has 13 heavy (non-hydrogen) atoms. The highest BCUT2D eigenvalue weighted by Gasteiger charge is 2.18. The van der Waals surface area contributed by atoms with Crippen molar-refractivity contribution in [1.29, 1.82) is 0 Å². The molecule has 1 atom stereocenters. The number of benzene rings is 1. The average Bonchev–Trinajstić information content (AvgIpc) is 2.12. The summed E-state index contributed by atoms with van der Waals surface area (Å²) < 4.78 is 12.9. The van der Waals surface area contributed by atoms with Gasteiger partial charge in [0, 0.05) is 0 Å². The Kier molecular flexibility index (Phi) is 1.95. The topological polar surface area (TPSA) is 0 Å². The maximum atomic E-state index is 12.9. The Morgan fingerprint density at radius 3 is 3.00 bits per heavy atom. The van der Waals surface area contributed by atoms with E-state index in [1.165, 1.54) is 6.07 Å². The molecule has 1 heteroatoms. The first-order chi connectivity index (χ1) is 6.18. The van der Waals surface area contributed by atoms with Gasteiger partial charge in [0.2, 0.25) is 0 Å². The van der Waals surface area contributed by atoms with Crippen molar-refractivity contribution in [3.63, 3.8) is 0 Å². The van der Waals surface area contributed by atoms with Gasteiger partial charge in [-0.25, -0.2) is 4.39 Å². The fraction of sp³-hybridized carbons (Fsp3) is 0.333. The van der Waals surface area contributed by atoms with Crippen molar-refractivity contribution in [2.24, 2.45) is 5.92 Å². The summed E-state index contributed by atoms with van der Waals surface area (Å²) in [6.45, 7) is 6.22. The lowest BCUT2D eigenvalue weighted by molar-refractivity contribution is 0.610. The molecule has 0 nitrogen and oxygen atoms in total. The Balaban J connectivity index is 2.50. The van der Waals surface area contributed by atoms with Crippen LogP contribution in [0.1, 0.15) is 24.5 Å². The largest absolute Gasteiger partial charge is 0.207 e. The second kappa shape index (κ2) is 2.99. The first kappa shape index (κ1) is 8.49. The highest BCUT2D eigenvalue weighted by atomic mass is 19.1. The van der Waals surface area contributed by atoms with Gasteiger partial charge in [-0.1, -0.05) is 19.6 Å². The second-order valence-electron chi connectivity index (χ2n) is 3.77. The van der Waals surface area contributed by atoms with E-state index in [1.807, 2.05) is 6.07 Å². The molecule has 0 bridgehead atoms. The van der Waals surface area contributed by atoms with Crippen LogP contribution in [0.25, 0.3) is 5.57 Å². The Hall–Kier alpha value is -1.11. The molecule has 68 valence electrons. The molecule has 1 aromatic carbocycles. The third-order valence-corrected chi connectivity index (χ3v) is 2.85. The predicted molar refractivity (Wildman–Crippen MR) is 52.9 cm³/mol. The van der Waals surface area contributed by atoms with Crippen molar-refractivity contribution in [3.8, 4) is 0 Å². The quantitative estimate of drug-likeness (QED) is 0.568. The number of halogens is 1. The summed E-state index contributed by atoms with van der Waals surface area (Å²) in [7, 11) is 0. The molecule has 0 N–H and O–H groups in total. The van der Waals surface area contributed by atoms with Gasteiger partial charge in [-0.2, -0.15) is 0 Å². The summed E-state index contributed by atoms with van der Waals surface area (Å²) in [6.07, 6.45) is 2.07. The predicted octanol–water partition coefficient (Wildman–Crippen LogP) is 3.42. The van der Waals surface area contributed by atoms with Crippen molar-refractivity contribution in [2.75, 3.05) is 0 Å². The first-order valence-corrected chi connectivity index (χ1v) is 4.66. The average molecular weight is 176 g/mol. The van der Waals surface area contributed by atoms with Gasteiger partial charge >= 0.3 is 0 Å². The van der Waals surface area contributed by atoms with Gasteiger partial charge in [-0.3, -0.25) is 0 Å². The lowest BCUT2D eigenvalue weighted by Gasteiger charge is -2.23. The molecule has 1 aromatic rings. The highest BCUT2D eigenvalue weighted by molar-refractivity contribution is 5.69. The number of allylic oxidation sites excluding steroid dienone is 1. The van der Waals surface area contributed by atoms with E-state index in [0.29, 0.717) is 5.92 Å². The minimum atomic E-state index is -0.138. The number of hydrogen-bond donors (Lipinski definition) is 0. The van der Waals surface area contributed by atoms with E-state index in [1.54, 1.807) is 6.07 Å². The Labute approximate surface area is 78.1 Å². The molecule has 0 aromatic heterocycles. The van der Waals surface area contributed by atoms with Gasteiger partial charge in [0.05, 0.1) is 0 Å². The van der Waals surface area contributed by atoms with Crippen molar-refractivity contribution in [2.45, 2.75) is 19.8 Å². The standard InChI is InChI=1S/C12H13F/c1-8-3-4-10-7-11(13)5-6-12(10)9(8)2/h5-8H,2-4H2,1H3. The molecule has 0 fully saturated rings. The smallest absolute Gasteiger partial charge is 0.123 e. The van der Waals surface area contributed by atoms with Gasteiger partial charge in [0.25, 0.3) is 0 Å². The van der Waals surface area contributed by atoms with Crippen LogP contribution in [0.3, 0.4) is 0 Å². The maximum Gasteiger partial charge on any atom is 0.123 e. The van der Waals surface area contributed by atoms with E-state index < -0.39 is 0 Å². The minimum absolute atomic E-state index is 0.138. The molecule has 0 saturated carbocycles. The van der Waals surface area contributed by atoms with Crippen LogP contribution in [0.4, 0.5) is 4.39 Å². The summed E-state index contributed by atoms with van der Waals surface area (Å²) in [5, 5.41) is 0. The van der Waals surface area contributed by atoms with E-state index in [9.17, 15) is 4.39 Å². The summed E-state index contributed by atoms with van der Waals surface area (Å²) in [6, 6.07) is 5.00. The number of hydrogen-bond acceptors (Lipinski definition) is 0. The van der Waals surface area contributed by atoms with Gasteiger partial charge in [-0.15, -0.1) is 0 Å². The van der Waals surface area contributed by atoms with Crippen molar-refractivity contribution in [1.82, 2.24) is 0 Å². The molecular weight excluding hydrogens is 163 g/mol. The van der Waals surface area contributed by atoms with Crippen molar-refractivity contribution in [3.05, 3.63) is 41.7 Å². The molecule has 0 radical (unpaired) electrons. The first-order valence-electron chi connectivity index (χ1n) is 4.66. The van der Waals surface area contributed by atoms with E-state index in [2.05, 4.69) is 13.5 Å². The van der Waals surface area contributed by atoms with E-state index >= 15 is 0 Å². The van der Waals surface area contributed by atoms with Crippen LogP contribution in [0.15, 0.2) is 24.8 Å². The number of aryl methyl sites for hydroxylation is 1. The van der Waals surface area contributed by atoms with Crippen LogP contribution in [-0.2, 0) is 6.42 Å². The minimum Gasteiger partial charge on any atom is -0.207 e. The Morgan fingerprint density at radius 1 is 1.46 bits per heavy atom. The molecular formula is C12H13F. The zero-order chi connectivity index (χ0) is 9.42. The van der Waals surface area contributed by atoms with Crippen molar-refractivity contribution < 1.29 is 4.39 Å². The lowest BCUT2D eigenvalue weighted by atomic mass is 9.81. The Morgan fingerprint density at radius 2 is 2.23 bits per heavy atom. The number of rotatable bonds is 0. The fourth-order valence-corrected chi connectivity index (χ4v) is 1.89. The van der Waals surface area contributed by atoms with Crippen LogP contribution in [0.5, 0.6) is 0 Å². The van der Waals surface area contributed by atoms with Crippen LogP contribution in [-0.4, -0.2) is 0 Å². The summed E-state index contributed by atoms with van der Waals surface area (Å²) in [5.41, 5.74) is 3.42. The lowest BCUT2D eigenvalue weighted by Crippen LogP contribution is -2.09. The molecule has 2 rings (SSSR count). The second-order valence-corrected chi connectivity index (χ2v) is 3.77. The Bertz CT molecular complexity index is 352. The maximum absolute atomic E-state index is 12.9. The van der Waals surface area contributed by atoms with Gasteiger partial charge < -0.3 is 0 Å². The van der Waals surface area contributed by atoms with E-state index in [4.69, 9.17) is 0 Å². The van der Waals surface area contributed by atoms with E-state index in [-0.39, 0.29) is 5.82 Å². The van der Waals surface area contributed by atoms with Crippen LogP contribution < -0.4 is 0 Å². The zero-order valence-electron chi connectivity index (χ0n) is 7.81. The molecule has 0 saturated heterocycles. The highest BCUT2D eigenvalue weighted by Crippen LogP contribution is 2.33. The molecule has 0 spiro atoms. The molecule has 1 aliphatic rings. The third kappa shape index (κ3) is 1.39. The van der Waals surface area contributed by atoms with Crippen LogP contribution >= 0.6 is 0 Å². The van der Waals surface area contributed by atoms with E-state index in [0.717, 1.165) is 29.5 Å². The third-order valence-electron chi connectivity index (χ3n) is 2.85. The summed E-state index contributed by atoms with van der Waals surface area (Å²) in [5.74, 6) is 0.402. The molecule has 0 aliphatic heterocycles. The number of fused-ring (bicyclic) bond motifs is 1. The fourth-order valence-electron chi connectivity index (χ4n) is 1.89. The SMILES string of the molecule is C=C1c2ccc(F)cc2CCC1C. The summed E-state index contributed by atoms with van der Waals surface area (Å²) >= 11 is 0. The molecule has 1 aliphatic carbocycles. The molecule has 0 amide bonds. The van der Waals surface area contributed by atoms with Crippen LogP contribution in [0.2, 0.25) is 0 Å². The summed E-state index contributed by atoms with van der Waals surface area (Å²) in [4.78, 5) is 0. The van der Waals surface area contributed by atoms with Gasteiger partial charge in [-0.05, 0) is 47.6 Å². The molecule has 0 heterocycles. The monoisotopic (exact) mass is 176 g/mol. The normalized spacial score (nSPS) is 21.4. The molecule has 1 unspecified atom stereocenters. The van der Waals surface area contributed by atoms with Gasteiger partial charge in [0.15, 0.2) is 0 Å². The van der Waals surface area contributed by atoms with Crippen LogP contribution in [0, 0.1) is 11.7 Å². The zero-order valence-corrected chi connectivity index (χ0v) is 7.81. The van der Waals surface area contributed by atoms with Gasteiger partial charge in [0.1, 0.15) is 5.82 Å². The van der Waals surface area contributed by atoms with Crippen molar-refractivity contribution >= 4 is 5.57 Å².